The van der Waals surface area contributed by atoms with E-state index in [1.54, 1.807) is 6.20 Å². The fourth-order valence-corrected chi connectivity index (χ4v) is 1.71. The molecule has 0 saturated carbocycles. The first-order valence-electron chi connectivity index (χ1n) is 5.97. The van der Waals surface area contributed by atoms with E-state index in [-0.39, 0.29) is 0 Å². The van der Waals surface area contributed by atoms with Crippen molar-refractivity contribution < 1.29 is 0 Å². The highest BCUT2D eigenvalue weighted by atomic mass is 14.8. The Hall–Kier alpha value is -2.18. The zero-order chi connectivity index (χ0) is 12.6. The lowest BCUT2D eigenvalue weighted by Crippen LogP contribution is -2.16. The van der Waals surface area contributed by atoms with Crippen LogP contribution in [0, 0.1) is 11.3 Å². The number of hydrogen-bond donors (Lipinski definition) is 1. The van der Waals surface area contributed by atoms with Crippen molar-refractivity contribution in [3.8, 4) is 6.07 Å². The van der Waals surface area contributed by atoms with Gasteiger partial charge in [-0.05, 0) is 42.3 Å². The van der Waals surface area contributed by atoms with Crippen LogP contribution in [0.4, 0.5) is 0 Å². The maximum Gasteiger partial charge on any atom is 0.0991 e. The van der Waals surface area contributed by atoms with Crippen molar-refractivity contribution >= 4 is 0 Å². The first-order valence-corrected chi connectivity index (χ1v) is 5.97. The highest BCUT2D eigenvalue weighted by Crippen LogP contribution is 2.03. The van der Waals surface area contributed by atoms with Crippen LogP contribution >= 0.6 is 0 Å². The smallest absolute Gasteiger partial charge is 0.0991 e. The maximum absolute atomic E-state index is 8.70. The molecular weight excluding hydrogens is 222 g/mol. The molecule has 0 fully saturated rings. The molecule has 0 bridgehead atoms. The van der Waals surface area contributed by atoms with Crippen molar-refractivity contribution in [2.45, 2.75) is 13.0 Å². The van der Waals surface area contributed by atoms with E-state index in [2.05, 4.69) is 22.4 Å². The summed E-state index contributed by atoms with van der Waals surface area (Å²) in [5.41, 5.74) is 3.14. The average molecular weight is 237 g/mol. The van der Waals surface area contributed by atoms with Crippen LogP contribution in [0.15, 0.2) is 48.8 Å². The summed E-state index contributed by atoms with van der Waals surface area (Å²) < 4.78 is 0. The standard InChI is InChI=1S/C15H15N3/c16-10-13-3-5-15(6-4-13)12-18-9-7-14-2-1-8-17-11-14/h1-6,8,11,18H,7,9,12H2. The van der Waals surface area contributed by atoms with Gasteiger partial charge in [0, 0.05) is 18.9 Å². The minimum absolute atomic E-state index is 0.703. The Morgan fingerprint density at radius 1 is 1.11 bits per heavy atom. The number of aromatic nitrogens is 1. The van der Waals surface area contributed by atoms with Crippen LogP contribution in [-0.2, 0) is 13.0 Å². The first-order chi connectivity index (χ1) is 8.88. The summed E-state index contributed by atoms with van der Waals surface area (Å²) in [4.78, 5) is 4.08. The highest BCUT2D eigenvalue weighted by molar-refractivity contribution is 5.31. The summed E-state index contributed by atoms with van der Waals surface area (Å²) >= 11 is 0. The fraction of sp³-hybridized carbons (Fsp3) is 0.200. The summed E-state index contributed by atoms with van der Waals surface area (Å²) in [6.45, 7) is 1.75. The molecule has 0 radical (unpaired) electrons. The molecule has 90 valence electrons. The number of benzene rings is 1. The molecule has 0 aliphatic carbocycles. The number of pyridine rings is 1. The van der Waals surface area contributed by atoms with Gasteiger partial charge < -0.3 is 5.32 Å². The van der Waals surface area contributed by atoms with E-state index in [9.17, 15) is 0 Å². The maximum atomic E-state index is 8.70. The summed E-state index contributed by atoms with van der Waals surface area (Å²) in [5, 5.41) is 12.1. The molecule has 2 rings (SSSR count). The van der Waals surface area contributed by atoms with Crippen LogP contribution < -0.4 is 5.32 Å². The second-order valence-electron chi connectivity index (χ2n) is 4.10. The van der Waals surface area contributed by atoms with Gasteiger partial charge in [0.1, 0.15) is 0 Å². The van der Waals surface area contributed by atoms with E-state index in [0.29, 0.717) is 5.56 Å². The first kappa shape index (κ1) is 12.3. The Balaban J connectivity index is 1.74. The highest BCUT2D eigenvalue weighted by Gasteiger charge is 1.95. The summed E-state index contributed by atoms with van der Waals surface area (Å²) in [6.07, 6.45) is 4.65. The summed E-state index contributed by atoms with van der Waals surface area (Å²) in [6, 6.07) is 13.8. The topological polar surface area (TPSA) is 48.7 Å². The number of nitriles is 1. The Morgan fingerprint density at radius 2 is 1.94 bits per heavy atom. The van der Waals surface area contributed by atoms with Crippen molar-refractivity contribution in [2.75, 3.05) is 6.54 Å². The molecule has 0 aliphatic rings. The number of rotatable bonds is 5. The quantitative estimate of drug-likeness (QED) is 0.812. The minimum Gasteiger partial charge on any atom is -0.312 e. The zero-order valence-electron chi connectivity index (χ0n) is 10.1. The van der Waals surface area contributed by atoms with Gasteiger partial charge >= 0.3 is 0 Å². The molecule has 3 heteroatoms. The van der Waals surface area contributed by atoms with Gasteiger partial charge in [-0.1, -0.05) is 18.2 Å². The molecule has 1 aromatic carbocycles. The molecule has 0 saturated heterocycles. The predicted octanol–water partition coefficient (Wildman–Crippen LogP) is 2.29. The van der Waals surface area contributed by atoms with Crippen molar-refractivity contribution in [1.29, 1.82) is 5.26 Å². The minimum atomic E-state index is 0.703. The van der Waals surface area contributed by atoms with Gasteiger partial charge in [0.25, 0.3) is 0 Å². The predicted molar refractivity (Wildman–Crippen MR) is 70.8 cm³/mol. The molecule has 0 spiro atoms. The Labute approximate surface area is 107 Å². The normalized spacial score (nSPS) is 9.94. The summed E-state index contributed by atoms with van der Waals surface area (Å²) in [7, 11) is 0. The van der Waals surface area contributed by atoms with Crippen molar-refractivity contribution in [2.24, 2.45) is 0 Å². The molecule has 0 atom stereocenters. The second kappa shape index (κ2) is 6.53. The van der Waals surface area contributed by atoms with E-state index in [4.69, 9.17) is 5.26 Å². The van der Waals surface area contributed by atoms with Crippen LogP contribution in [0.1, 0.15) is 16.7 Å². The molecule has 2 aromatic rings. The van der Waals surface area contributed by atoms with E-state index in [1.165, 1.54) is 11.1 Å². The lowest BCUT2D eigenvalue weighted by atomic mass is 10.1. The van der Waals surface area contributed by atoms with Crippen molar-refractivity contribution in [3.05, 3.63) is 65.5 Å². The van der Waals surface area contributed by atoms with Crippen LogP contribution in [-0.4, -0.2) is 11.5 Å². The van der Waals surface area contributed by atoms with E-state index >= 15 is 0 Å². The Bertz CT molecular complexity index is 512. The summed E-state index contributed by atoms with van der Waals surface area (Å²) in [5.74, 6) is 0. The van der Waals surface area contributed by atoms with Crippen molar-refractivity contribution in [1.82, 2.24) is 10.3 Å². The van der Waals surface area contributed by atoms with E-state index in [0.717, 1.165) is 19.5 Å². The molecule has 0 aliphatic heterocycles. The van der Waals surface area contributed by atoms with Crippen molar-refractivity contribution in [3.63, 3.8) is 0 Å². The fourth-order valence-electron chi connectivity index (χ4n) is 1.71. The Morgan fingerprint density at radius 3 is 2.61 bits per heavy atom. The van der Waals surface area contributed by atoms with Gasteiger partial charge in [0.05, 0.1) is 11.6 Å². The lowest BCUT2D eigenvalue weighted by Gasteiger charge is -2.05. The Kier molecular flexibility index (Phi) is 4.46. The van der Waals surface area contributed by atoms with E-state index in [1.807, 2.05) is 36.5 Å². The molecule has 1 heterocycles. The monoisotopic (exact) mass is 237 g/mol. The SMILES string of the molecule is N#Cc1ccc(CNCCc2cccnc2)cc1. The van der Waals surface area contributed by atoms with Gasteiger partial charge in [0.15, 0.2) is 0 Å². The lowest BCUT2D eigenvalue weighted by molar-refractivity contribution is 0.686. The van der Waals surface area contributed by atoms with Gasteiger partial charge in [-0.15, -0.1) is 0 Å². The van der Waals surface area contributed by atoms with E-state index < -0.39 is 0 Å². The number of hydrogen-bond acceptors (Lipinski definition) is 3. The van der Waals surface area contributed by atoms with Crippen LogP contribution in [0.25, 0.3) is 0 Å². The van der Waals surface area contributed by atoms with Crippen LogP contribution in [0.2, 0.25) is 0 Å². The largest absolute Gasteiger partial charge is 0.312 e. The van der Waals surface area contributed by atoms with Crippen LogP contribution in [0.3, 0.4) is 0 Å². The molecule has 1 N–H and O–H groups in total. The second-order valence-corrected chi connectivity index (χ2v) is 4.10. The third kappa shape index (κ3) is 3.69. The van der Waals surface area contributed by atoms with Gasteiger partial charge in [0.2, 0.25) is 0 Å². The van der Waals surface area contributed by atoms with Gasteiger partial charge in [-0.3, -0.25) is 4.98 Å². The van der Waals surface area contributed by atoms with Gasteiger partial charge in [-0.2, -0.15) is 5.26 Å². The van der Waals surface area contributed by atoms with Gasteiger partial charge in [-0.25, -0.2) is 0 Å². The zero-order valence-corrected chi connectivity index (χ0v) is 10.1. The third-order valence-corrected chi connectivity index (χ3v) is 2.73. The average Bonchev–Trinajstić information content (AvgIpc) is 2.45. The molecule has 0 amide bonds. The molecule has 18 heavy (non-hydrogen) atoms. The third-order valence-electron chi connectivity index (χ3n) is 2.73. The molecule has 0 unspecified atom stereocenters. The molecular formula is C15H15N3. The molecule has 1 aromatic heterocycles. The number of nitrogens with one attached hydrogen (secondary N) is 1. The number of nitrogens with zero attached hydrogens (tertiary/aromatic N) is 2. The molecule has 3 nitrogen and oxygen atoms in total. The van der Waals surface area contributed by atoms with Crippen LogP contribution in [0.5, 0.6) is 0 Å².